The summed E-state index contributed by atoms with van der Waals surface area (Å²) in [6.45, 7) is -0.256. The molecule has 0 atom stereocenters. The molecular formula is C9H9Cl2N3O5S. The van der Waals surface area contributed by atoms with Gasteiger partial charge in [0.15, 0.2) is 0 Å². The Hall–Kier alpha value is -1.42. The number of carbonyl (C=O) groups excluding carboxylic acids is 1. The Labute approximate surface area is 124 Å². The number of hydrogen-bond donors (Lipinski definition) is 2. The maximum absolute atomic E-state index is 11.8. The molecule has 0 aliphatic rings. The van der Waals surface area contributed by atoms with Crippen molar-refractivity contribution >= 4 is 44.8 Å². The summed E-state index contributed by atoms with van der Waals surface area (Å²) in [7, 11) is -3.72. The number of carbonyl (C=O) groups is 1. The van der Waals surface area contributed by atoms with Crippen molar-refractivity contribution in [2.45, 2.75) is 0 Å². The average molecular weight is 342 g/mol. The summed E-state index contributed by atoms with van der Waals surface area (Å²) in [4.78, 5) is 21.7. The van der Waals surface area contributed by atoms with Gasteiger partial charge in [0.1, 0.15) is 0 Å². The van der Waals surface area contributed by atoms with E-state index in [-0.39, 0.29) is 22.2 Å². The highest BCUT2D eigenvalue weighted by Gasteiger charge is 2.19. The van der Waals surface area contributed by atoms with Gasteiger partial charge in [-0.3, -0.25) is 14.9 Å². The van der Waals surface area contributed by atoms with Gasteiger partial charge in [-0.05, 0) is 0 Å². The molecule has 0 fully saturated rings. The van der Waals surface area contributed by atoms with Gasteiger partial charge < -0.3 is 5.32 Å². The monoisotopic (exact) mass is 341 g/mol. The van der Waals surface area contributed by atoms with E-state index in [0.717, 1.165) is 12.1 Å². The number of nitrogens with one attached hydrogen (secondary N) is 1. The fraction of sp³-hybridized carbons (Fsp3) is 0.222. The number of primary sulfonamides is 1. The van der Waals surface area contributed by atoms with Crippen molar-refractivity contribution in [2.24, 2.45) is 5.14 Å². The van der Waals surface area contributed by atoms with Crippen molar-refractivity contribution in [3.63, 3.8) is 0 Å². The van der Waals surface area contributed by atoms with E-state index in [1.165, 1.54) is 0 Å². The number of hydrogen-bond acceptors (Lipinski definition) is 5. The van der Waals surface area contributed by atoms with Crippen molar-refractivity contribution in [3.8, 4) is 0 Å². The van der Waals surface area contributed by atoms with E-state index in [9.17, 15) is 23.3 Å². The molecule has 8 nitrogen and oxygen atoms in total. The topological polar surface area (TPSA) is 132 Å². The Bertz CT molecular complexity index is 662. The quantitative estimate of drug-likeness (QED) is 0.606. The van der Waals surface area contributed by atoms with Gasteiger partial charge in [-0.1, -0.05) is 23.2 Å². The predicted octanol–water partition coefficient (Wildman–Crippen LogP) is 0.920. The molecule has 1 rings (SSSR count). The summed E-state index contributed by atoms with van der Waals surface area (Å²) in [6, 6.07) is 1.95. The highest BCUT2D eigenvalue weighted by molar-refractivity contribution is 7.89. The maximum Gasteiger partial charge on any atom is 0.271 e. The van der Waals surface area contributed by atoms with Crippen LogP contribution in [0.1, 0.15) is 10.4 Å². The van der Waals surface area contributed by atoms with Crippen molar-refractivity contribution < 1.29 is 18.1 Å². The van der Waals surface area contributed by atoms with Crippen molar-refractivity contribution in [1.82, 2.24) is 5.32 Å². The third kappa shape index (κ3) is 4.60. The molecule has 0 bridgehead atoms. The number of benzene rings is 1. The molecule has 20 heavy (non-hydrogen) atoms. The summed E-state index contributed by atoms with van der Waals surface area (Å²) in [6.07, 6.45) is 0. The lowest BCUT2D eigenvalue weighted by Gasteiger charge is -2.07. The summed E-state index contributed by atoms with van der Waals surface area (Å²) < 4.78 is 21.4. The lowest BCUT2D eigenvalue weighted by Crippen LogP contribution is -2.31. The molecule has 1 aromatic rings. The van der Waals surface area contributed by atoms with E-state index in [1.807, 2.05) is 0 Å². The molecule has 1 amide bonds. The predicted molar refractivity (Wildman–Crippen MR) is 73.4 cm³/mol. The fourth-order valence-electron chi connectivity index (χ4n) is 1.25. The Morgan fingerprint density at radius 2 is 2.00 bits per heavy atom. The van der Waals surface area contributed by atoms with E-state index in [2.05, 4.69) is 5.32 Å². The van der Waals surface area contributed by atoms with Crippen molar-refractivity contribution in [2.75, 3.05) is 12.3 Å². The first-order valence-electron chi connectivity index (χ1n) is 5.04. The number of nitro benzene ring substituents is 1. The molecule has 0 aliphatic heterocycles. The minimum absolute atomic E-state index is 0.155. The zero-order chi connectivity index (χ0) is 15.5. The Kier molecular flexibility index (Phi) is 5.28. The van der Waals surface area contributed by atoms with Crippen LogP contribution in [0.2, 0.25) is 10.0 Å². The molecule has 0 spiro atoms. The molecule has 0 aromatic heterocycles. The molecule has 0 unspecified atom stereocenters. The van der Waals surface area contributed by atoms with E-state index in [4.69, 9.17) is 28.3 Å². The summed E-state index contributed by atoms with van der Waals surface area (Å²) in [5.74, 6) is -1.26. The number of nitro groups is 1. The first-order valence-corrected chi connectivity index (χ1v) is 7.51. The number of non-ortho nitro benzene ring substituents is 1. The third-order valence-corrected chi connectivity index (χ3v) is 3.72. The number of nitrogens with two attached hydrogens (primary N) is 1. The SMILES string of the molecule is NS(=O)(=O)CCNC(=O)c1cc([N+](=O)[O-])cc(Cl)c1Cl. The molecule has 0 saturated carbocycles. The lowest BCUT2D eigenvalue weighted by molar-refractivity contribution is -0.384. The first kappa shape index (κ1) is 16.6. The molecule has 0 radical (unpaired) electrons. The first-order chi connectivity index (χ1) is 9.11. The fourth-order valence-corrected chi connectivity index (χ4v) is 2.04. The summed E-state index contributed by atoms with van der Waals surface area (Å²) >= 11 is 11.5. The minimum atomic E-state index is -3.72. The van der Waals surface area contributed by atoms with Crippen LogP contribution in [-0.2, 0) is 10.0 Å². The van der Waals surface area contributed by atoms with Crippen LogP contribution >= 0.6 is 23.2 Å². The van der Waals surface area contributed by atoms with Gasteiger partial charge in [-0.25, -0.2) is 13.6 Å². The summed E-state index contributed by atoms with van der Waals surface area (Å²) in [5.41, 5.74) is -0.628. The number of rotatable bonds is 5. The van der Waals surface area contributed by atoms with E-state index < -0.39 is 32.3 Å². The van der Waals surface area contributed by atoms with Crippen LogP contribution in [-0.4, -0.2) is 31.5 Å². The number of nitrogens with zero attached hydrogens (tertiary/aromatic N) is 1. The van der Waals surface area contributed by atoms with Crippen LogP contribution in [0.3, 0.4) is 0 Å². The second-order valence-corrected chi connectivity index (χ2v) is 6.19. The van der Waals surface area contributed by atoms with Crippen molar-refractivity contribution in [1.29, 1.82) is 0 Å². The average Bonchev–Trinajstić information content (AvgIpc) is 2.30. The van der Waals surface area contributed by atoms with E-state index >= 15 is 0 Å². The van der Waals surface area contributed by atoms with Crippen LogP contribution in [0.4, 0.5) is 5.69 Å². The minimum Gasteiger partial charge on any atom is -0.351 e. The zero-order valence-electron chi connectivity index (χ0n) is 9.80. The third-order valence-electron chi connectivity index (χ3n) is 2.14. The second kappa shape index (κ2) is 6.35. The van der Waals surface area contributed by atoms with Gasteiger partial charge in [-0.15, -0.1) is 0 Å². The van der Waals surface area contributed by atoms with Gasteiger partial charge in [0, 0.05) is 18.7 Å². The lowest BCUT2D eigenvalue weighted by atomic mass is 10.2. The van der Waals surface area contributed by atoms with Crippen LogP contribution in [0.5, 0.6) is 0 Å². The largest absolute Gasteiger partial charge is 0.351 e. The number of sulfonamides is 1. The normalized spacial score (nSPS) is 11.2. The molecule has 0 saturated heterocycles. The molecule has 3 N–H and O–H groups in total. The maximum atomic E-state index is 11.8. The molecular weight excluding hydrogens is 333 g/mol. The van der Waals surface area contributed by atoms with Gasteiger partial charge in [-0.2, -0.15) is 0 Å². The molecule has 0 aliphatic carbocycles. The van der Waals surface area contributed by atoms with Crippen LogP contribution < -0.4 is 10.5 Å². The van der Waals surface area contributed by atoms with E-state index in [1.54, 1.807) is 0 Å². The zero-order valence-corrected chi connectivity index (χ0v) is 12.1. The van der Waals surface area contributed by atoms with Crippen molar-refractivity contribution in [3.05, 3.63) is 37.9 Å². The second-order valence-electron chi connectivity index (χ2n) is 3.67. The molecule has 11 heteroatoms. The van der Waals surface area contributed by atoms with Crippen LogP contribution in [0.25, 0.3) is 0 Å². The molecule has 110 valence electrons. The molecule has 0 heterocycles. The van der Waals surface area contributed by atoms with Crippen LogP contribution in [0.15, 0.2) is 12.1 Å². The molecule has 1 aromatic carbocycles. The number of halogens is 2. The Balaban J connectivity index is 2.95. The highest BCUT2D eigenvalue weighted by atomic mass is 35.5. The standard InChI is InChI=1S/C9H9Cl2N3O5S/c10-7-4-5(14(16)17)3-6(8(7)11)9(15)13-1-2-20(12,18)19/h3-4H,1-2H2,(H,13,15)(H2,12,18,19). The number of amides is 1. The van der Waals surface area contributed by atoms with Crippen LogP contribution in [0, 0.1) is 10.1 Å². The van der Waals surface area contributed by atoms with Gasteiger partial charge in [0.05, 0.1) is 26.3 Å². The van der Waals surface area contributed by atoms with Gasteiger partial charge in [0.2, 0.25) is 10.0 Å². The van der Waals surface area contributed by atoms with Gasteiger partial charge >= 0.3 is 0 Å². The summed E-state index contributed by atoms with van der Waals surface area (Å²) in [5, 5.41) is 17.3. The van der Waals surface area contributed by atoms with E-state index in [0.29, 0.717) is 0 Å². The Morgan fingerprint density at radius 3 is 2.50 bits per heavy atom. The highest BCUT2D eigenvalue weighted by Crippen LogP contribution is 2.30. The van der Waals surface area contributed by atoms with Gasteiger partial charge in [0.25, 0.3) is 11.6 Å². The Morgan fingerprint density at radius 1 is 1.40 bits per heavy atom. The smallest absolute Gasteiger partial charge is 0.271 e.